The lowest BCUT2D eigenvalue weighted by atomic mass is 10.0. The van der Waals surface area contributed by atoms with Gasteiger partial charge in [-0.2, -0.15) is 0 Å². The molecule has 1 heterocycles. The van der Waals surface area contributed by atoms with Crippen LogP contribution >= 0.6 is 0 Å². The predicted molar refractivity (Wildman–Crippen MR) is 77.6 cm³/mol. The molecule has 1 aromatic rings. The van der Waals surface area contributed by atoms with Gasteiger partial charge in [0.15, 0.2) is 0 Å². The Balaban J connectivity index is 2.16. The Morgan fingerprint density at radius 2 is 2.25 bits per heavy atom. The van der Waals surface area contributed by atoms with E-state index in [0.717, 1.165) is 37.4 Å². The van der Waals surface area contributed by atoms with E-state index in [2.05, 4.69) is 30.6 Å². The van der Waals surface area contributed by atoms with E-state index < -0.39 is 0 Å². The maximum atomic E-state index is 13.3. The molecule has 1 aliphatic rings. The van der Waals surface area contributed by atoms with Gasteiger partial charge in [-0.15, -0.1) is 0 Å². The van der Waals surface area contributed by atoms with Crippen molar-refractivity contribution < 1.29 is 9.13 Å². The minimum absolute atomic E-state index is 0.138. The van der Waals surface area contributed by atoms with Gasteiger partial charge in [0, 0.05) is 25.2 Å². The third-order valence-corrected chi connectivity index (χ3v) is 3.30. The second-order valence-corrected chi connectivity index (χ2v) is 5.63. The standard InChI is InChI=1S/C16H21FN2O/c1-16(2)12-19(8-9-20-16)11-14-5-6-15(17)10-13(14)4-3-7-18/h5-6,10H,7-9,11-12,18H2,1-2H3. The molecule has 0 saturated carbocycles. The molecule has 108 valence electrons. The van der Waals surface area contributed by atoms with E-state index in [1.54, 1.807) is 6.07 Å². The van der Waals surface area contributed by atoms with Crippen LogP contribution in [-0.2, 0) is 11.3 Å². The lowest BCUT2D eigenvalue weighted by Gasteiger charge is -2.38. The number of benzene rings is 1. The molecular formula is C16H21FN2O. The first-order chi connectivity index (χ1) is 9.50. The summed E-state index contributed by atoms with van der Waals surface area (Å²) >= 11 is 0. The second-order valence-electron chi connectivity index (χ2n) is 5.63. The van der Waals surface area contributed by atoms with E-state index in [1.165, 1.54) is 12.1 Å². The van der Waals surface area contributed by atoms with Crippen molar-refractivity contribution in [3.63, 3.8) is 0 Å². The number of halogens is 1. The molecule has 0 aromatic heterocycles. The van der Waals surface area contributed by atoms with Crippen LogP contribution in [0.3, 0.4) is 0 Å². The molecule has 1 aliphatic heterocycles. The van der Waals surface area contributed by atoms with Crippen molar-refractivity contribution in [2.45, 2.75) is 26.0 Å². The van der Waals surface area contributed by atoms with E-state index in [4.69, 9.17) is 10.5 Å². The quantitative estimate of drug-likeness (QED) is 0.836. The highest BCUT2D eigenvalue weighted by molar-refractivity contribution is 5.42. The van der Waals surface area contributed by atoms with Gasteiger partial charge in [0.1, 0.15) is 5.82 Å². The molecular weight excluding hydrogens is 255 g/mol. The van der Waals surface area contributed by atoms with Gasteiger partial charge in [0.05, 0.1) is 18.8 Å². The summed E-state index contributed by atoms with van der Waals surface area (Å²) in [5, 5.41) is 0. The van der Waals surface area contributed by atoms with Crippen molar-refractivity contribution in [1.29, 1.82) is 0 Å². The van der Waals surface area contributed by atoms with Crippen molar-refractivity contribution in [3.8, 4) is 11.8 Å². The van der Waals surface area contributed by atoms with E-state index >= 15 is 0 Å². The third-order valence-electron chi connectivity index (χ3n) is 3.30. The molecule has 2 N–H and O–H groups in total. The van der Waals surface area contributed by atoms with Crippen LogP contribution in [0.25, 0.3) is 0 Å². The van der Waals surface area contributed by atoms with Gasteiger partial charge < -0.3 is 10.5 Å². The number of nitrogens with zero attached hydrogens (tertiary/aromatic N) is 1. The van der Waals surface area contributed by atoms with Gasteiger partial charge >= 0.3 is 0 Å². The Bertz CT molecular complexity index is 531. The van der Waals surface area contributed by atoms with Crippen molar-refractivity contribution in [2.24, 2.45) is 5.73 Å². The largest absolute Gasteiger partial charge is 0.373 e. The Morgan fingerprint density at radius 3 is 2.95 bits per heavy atom. The molecule has 0 bridgehead atoms. The average molecular weight is 276 g/mol. The molecule has 0 amide bonds. The zero-order chi connectivity index (χ0) is 14.6. The molecule has 0 aliphatic carbocycles. The summed E-state index contributed by atoms with van der Waals surface area (Å²) in [5.41, 5.74) is 7.01. The highest BCUT2D eigenvalue weighted by atomic mass is 19.1. The molecule has 2 rings (SSSR count). The minimum Gasteiger partial charge on any atom is -0.373 e. The molecule has 1 saturated heterocycles. The van der Waals surface area contributed by atoms with E-state index in [-0.39, 0.29) is 18.0 Å². The topological polar surface area (TPSA) is 38.5 Å². The zero-order valence-corrected chi connectivity index (χ0v) is 12.1. The fourth-order valence-corrected chi connectivity index (χ4v) is 2.44. The Kier molecular flexibility index (Phi) is 4.77. The van der Waals surface area contributed by atoms with Crippen LogP contribution < -0.4 is 5.73 Å². The zero-order valence-electron chi connectivity index (χ0n) is 12.1. The summed E-state index contributed by atoms with van der Waals surface area (Å²) < 4.78 is 19.0. The van der Waals surface area contributed by atoms with Crippen molar-refractivity contribution in [2.75, 3.05) is 26.2 Å². The molecule has 1 fully saturated rings. The highest BCUT2D eigenvalue weighted by Gasteiger charge is 2.27. The van der Waals surface area contributed by atoms with Gasteiger partial charge in [-0.3, -0.25) is 4.90 Å². The van der Waals surface area contributed by atoms with Crippen LogP contribution in [-0.4, -0.2) is 36.7 Å². The average Bonchev–Trinajstić information content (AvgIpc) is 2.38. The van der Waals surface area contributed by atoms with Crippen LogP contribution in [0.1, 0.15) is 25.0 Å². The lowest BCUT2D eigenvalue weighted by molar-refractivity contribution is -0.0882. The van der Waals surface area contributed by atoms with Crippen molar-refractivity contribution in [1.82, 2.24) is 4.90 Å². The number of hydrogen-bond acceptors (Lipinski definition) is 3. The number of ether oxygens (including phenoxy) is 1. The van der Waals surface area contributed by atoms with Gasteiger partial charge in [-0.05, 0) is 31.5 Å². The number of rotatable bonds is 2. The summed E-state index contributed by atoms with van der Waals surface area (Å²) in [4.78, 5) is 2.31. The molecule has 0 atom stereocenters. The molecule has 0 unspecified atom stereocenters. The molecule has 1 aromatic carbocycles. The first-order valence-corrected chi connectivity index (χ1v) is 6.84. The van der Waals surface area contributed by atoms with Crippen LogP contribution in [0.15, 0.2) is 18.2 Å². The van der Waals surface area contributed by atoms with Crippen LogP contribution in [0.4, 0.5) is 4.39 Å². The molecule has 20 heavy (non-hydrogen) atoms. The lowest BCUT2D eigenvalue weighted by Crippen LogP contribution is -2.47. The predicted octanol–water partition coefficient (Wildman–Crippen LogP) is 1.75. The number of nitrogens with two attached hydrogens (primary N) is 1. The smallest absolute Gasteiger partial charge is 0.124 e. The molecule has 0 radical (unpaired) electrons. The summed E-state index contributed by atoms with van der Waals surface area (Å²) in [5.74, 6) is 5.48. The summed E-state index contributed by atoms with van der Waals surface area (Å²) in [6, 6.07) is 4.76. The van der Waals surface area contributed by atoms with E-state index in [0.29, 0.717) is 0 Å². The maximum absolute atomic E-state index is 13.3. The fraction of sp³-hybridized carbons (Fsp3) is 0.500. The molecule has 4 heteroatoms. The first-order valence-electron chi connectivity index (χ1n) is 6.84. The van der Waals surface area contributed by atoms with Gasteiger partial charge in [-0.25, -0.2) is 4.39 Å². The van der Waals surface area contributed by atoms with Gasteiger partial charge in [0.25, 0.3) is 0 Å². The molecule has 0 spiro atoms. The Hall–Kier alpha value is -1.41. The van der Waals surface area contributed by atoms with Crippen molar-refractivity contribution in [3.05, 3.63) is 35.1 Å². The van der Waals surface area contributed by atoms with Crippen LogP contribution in [0.2, 0.25) is 0 Å². The van der Waals surface area contributed by atoms with Gasteiger partial charge in [0.2, 0.25) is 0 Å². The minimum atomic E-state index is -0.266. The van der Waals surface area contributed by atoms with E-state index in [1.807, 2.05) is 0 Å². The van der Waals surface area contributed by atoms with Gasteiger partial charge in [-0.1, -0.05) is 17.9 Å². The highest BCUT2D eigenvalue weighted by Crippen LogP contribution is 2.20. The Labute approximate surface area is 119 Å². The monoisotopic (exact) mass is 276 g/mol. The molecule has 3 nitrogen and oxygen atoms in total. The van der Waals surface area contributed by atoms with Crippen molar-refractivity contribution >= 4 is 0 Å². The summed E-state index contributed by atoms with van der Waals surface area (Å²) in [7, 11) is 0. The van der Waals surface area contributed by atoms with E-state index in [9.17, 15) is 4.39 Å². The first kappa shape index (κ1) is 15.0. The Morgan fingerprint density at radius 1 is 1.45 bits per heavy atom. The normalized spacial score (nSPS) is 18.4. The second kappa shape index (κ2) is 6.36. The maximum Gasteiger partial charge on any atom is 0.124 e. The SMILES string of the molecule is CC1(C)CN(Cc2ccc(F)cc2C#CCN)CCO1. The number of morpholine rings is 1. The van der Waals surface area contributed by atoms with Crippen LogP contribution in [0.5, 0.6) is 0 Å². The fourth-order valence-electron chi connectivity index (χ4n) is 2.44. The number of hydrogen-bond donors (Lipinski definition) is 1. The summed E-state index contributed by atoms with van der Waals surface area (Å²) in [6.45, 7) is 7.65. The summed E-state index contributed by atoms with van der Waals surface area (Å²) in [6.07, 6.45) is 0. The van der Waals surface area contributed by atoms with Crippen LogP contribution in [0, 0.1) is 17.7 Å². The third kappa shape index (κ3) is 4.04.